The Kier molecular flexibility index (Phi) is 5.98. The molecule has 1 aromatic rings. The van der Waals surface area contributed by atoms with Crippen molar-refractivity contribution in [3.63, 3.8) is 0 Å². The Morgan fingerprint density at radius 1 is 0.909 bits per heavy atom. The molecular weight excluding hydrogens is 292 g/mol. The molecule has 0 radical (unpaired) electrons. The fraction of sp³-hybridized carbons (Fsp3) is 0.600. The minimum atomic E-state index is -1.09. The van der Waals surface area contributed by atoms with Gasteiger partial charge in [-0.1, -0.05) is 6.07 Å². The Labute approximate surface area is 128 Å². The third-order valence-corrected chi connectivity index (χ3v) is 3.43. The molecule has 7 heteroatoms. The van der Waals surface area contributed by atoms with E-state index in [1.54, 1.807) is 6.07 Å². The molecule has 0 amide bonds. The molecule has 2 aliphatic rings. The normalized spacial score (nSPS) is 26.3. The first-order chi connectivity index (χ1) is 10.5. The Bertz CT molecular complexity index is 422. The number of phenolic OH excluding ortho intramolecular Hbond substituents is 2. The van der Waals surface area contributed by atoms with E-state index in [9.17, 15) is 15.3 Å². The Morgan fingerprint density at radius 3 is 1.59 bits per heavy atom. The van der Waals surface area contributed by atoms with Gasteiger partial charge in [0.2, 0.25) is 0 Å². The van der Waals surface area contributed by atoms with Gasteiger partial charge < -0.3 is 35.0 Å². The van der Waals surface area contributed by atoms with Gasteiger partial charge in [0.05, 0.1) is 37.6 Å². The van der Waals surface area contributed by atoms with Gasteiger partial charge in [-0.25, -0.2) is 0 Å². The molecule has 0 saturated carbocycles. The van der Waals surface area contributed by atoms with Crippen molar-refractivity contribution in [2.45, 2.75) is 43.4 Å². The van der Waals surface area contributed by atoms with Gasteiger partial charge in [-0.3, -0.25) is 0 Å². The quantitative estimate of drug-likeness (QED) is 0.458. The van der Waals surface area contributed by atoms with Gasteiger partial charge in [0.1, 0.15) is 17.6 Å². The summed E-state index contributed by atoms with van der Waals surface area (Å²) in [6.45, 7) is 1.29. The van der Waals surface area contributed by atoms with E-state index in [-0.39, 0.29) is 23.7 Å². The van der Waals surface area contributed by atoms with Crippen molar-refractivity contribution in [1.82, 2.24) is 0 Å². The van der Waals surface area contributed by atoms with Crippen LogP contribution in [0.25, 0.3) is 0 Å². The van der Waals surface area contributed by atoms with Crippen molar-refractivity contribution in [2.75, 3.05) is 13.2 Å². The topological polar surface area (TPSA) is 126 Å². The number of rotatable bonds is 6. The summed E-state index contributed by atoms with van der Waals surface area (Å²) in [5.41, 5.74) is 0. The Hall–Kier alpha value is -1.38. The molecular formula is C15H22O7. The molecule has 2 heterocycles. The Balaban J connectivity index is 0.000000188. The van der Waals surface area contributed by atoms with Crippen molar-refractivity contribution in [3.05, 3.63) is 24.3 Å². The molecule has 2 saturated heterocycles. The molecule has 0 spiro atoms. The summed E-state index contributed by atoms with van der Waals surface area (Å²) in [6.07, 6.45) is -2.00. The fourth-order valence-corrected chi connectivity index (χ4v) is 1.98. The molecule has 124 valence electrons. The van der Waals surface area contributed by atoms with E-state index in [4.69, 9.17) is 19.7 Å². The number of aliphatic hydroxyl groups excluding tert-OH is 3. The van der Waals surface area contributed by atoms with Crippen LogP contribution in [0.15, 0.2) is 24.3 Å². The molecule has 4 atom stereocenters. The second-order valence-corrected chi connectivity index (χ2v) is 5.53. The number of hydrogen-bond donors (Lipinski definition) is 5. The summed E-state index contributed by atoms with van der Waals surface area (Å²) in [5.74, 6) is 0.176. The van der Waals surface area contributed by atoms with Crippen molar-refractivity contribution < 1.29 is 35.0 Å². The van der Waals surface area contributed by atoms with Crippen LogP contribution in [-0.4, -0.2) is 69.3 Å². The van der Waals surface area contributed by atoms with Crippen molar-refractivity contribution in [2.24, 2.45) is 0 Å². The monoisotopic (exact) mass is 314 g/mol. The lowest BCUT2D eigenvalue weighted by molar-refractivity contribution is -0.0676. The lowest BCUT2D eigenvalue weighted by Gasteiger charge is -2.21. The lowest BCUT2D eigenvalue weighted by atomic mass is 10.0. The zero-order chi connectivity index (χ0) is 16.1. The SMILES string of the molecule is OC(CC1CO1)C(O)C(O)CC1CO1.Oc1cccc(O)c1. The molecule has 2 aliphatic heterocycles. The van der Waals surface area contributed by atoms with E-state index >= 15 is 0 Å². The van der Waals surface area contributed by atoms with E-state index in [0.717, 1.165) is 0 Å². The summed E-state index contributed by atoms with van der Waals surface area (Å²) in [6, 6.07) is 5.85. The van der Waals surface area contributed by atoms with Crippen LogP contribution < -0.4 is 0 Å². The average Bonchev–Trinajstić information content (AvgIpc) is 3.34. The molecule has 3 rings (SSSR count). The number of hydrogen-bond acceptors (Lipinski definition) is 7. The maximum atomic E-state index is 9.53. The van der Waals surface area contributed by atoms with Crippen LogP contribution in [0.5, 0.6) is 11.5 Å². The molecule has 0 bridgehead atoms. The first-order valence-electron chi connectivity index (χ1n) is 7.21. The highest BCUT2D eigenvalue weighted by atomic mass is 16.6. The highest BCUT2D eigenvalue weighted by molar-refractivity contribution is 5.30. The molecule has 1 aromatic carbocycles. The van der Waals surface area contributed by atoms with Crippen LogP contribution in [0.1, 0.15) is 12.8 Å². The molecule has 4 unspecified atom stereocenters. The summed E-state index contributed by atoms with van der Waals surface area (Å²) in [7, 11) is 0. The maximum Gasteiger partial charge on any atom is 0.119 e. The lowest BCUT2D eigenvalue weighted by Crippen LogP contribution is -2.38. The van der Waals surface area contributed by atoms with Crippen LogP contribution in [0, 0.1) is 0 Å². The van der Waals surface area contributed by atoms with Gasteiger partial charge in [-0.2, -0.15) is 0 Å². The minimum Gasteiger partial charge on any atom is -0.508 e. The molecule has 0 aliphatic carbocycles. The van der Waals surface area contributed by atoms with Crippen LogP contribution in [-0.2, 0) is 9.47 Å². The second kappa shape index (κ2) is 7.75. The number of aromatic hydroxyl groups is 2. The number of aliphatic hydroxyl groups is 3. The van der Waals surface area contributed by atoms with E-state index in [0.29, 0.717) is 26.1 Å². The predicted octanol–water partition coefficient (Wildman–Crippen LogP) is -0.255. The second-order valence-electron chi connectivity index (χ2n) is 5.53. The summed E-state index contributed by atoms with van der Waals surface area (Å²) >= 11 is 0. The Morgan fingerprint density at radius 2 is 1.32 bits per heavy atom. The van der Waals surface area contributed by atoms with Gasteiger partial charge in [0, 0.05) is 18.9 Å². The third kappa shape index (κ3) is 6.17. The van der Waals surface area contributed by atoms with Gasteiger partial charge in [-0.15, -0.1) is 0 Å². The van der Waals surface area contributed by atoms with E-state index in [1.807, 2.05) is 0 Å². The standard InChI is InChI=1S/C9H16O5.C6H6O2/c10-7(1-5-3-13-5)9(12)8(11)2-6-4-14-6;7-5-2-1-3-6(8)4-5/h5-12H,1-4H2;1-4,7-8H. The summed E-state index contributed by atoms with van der Waals surface area (Å²) in [4.78, 5) is 0. The largest absolute Gasteiger partial charge is 0.508 e. The number of epoxide rings is 2. The van der Waals surface area contributed by atoms with E-state index in [2.05, 4.69) is 0 Å². The van der Waals surface area contributed by atoms with E-state index in [1.165, 1.54) is 18.2 Å². The minimum absolute atomic E-state index is 0.0593. The van der Waals surface area contributed by atoms with Gasteiger partial charge in [-0.05, 0) is 12.1 Å². The average molecular weight is 314 g/mol. The van der Waals surface area contributed by atoms with Gasteiger partial charge in [0.15, 0.2) is 0 Å². The highest BCUT2D eigenvalue weighted by Crippen LogP contribution is 2.22. The zero-order valence-corrected chi connectivity index (χ0v) is 12.1. The number of benzene rings is 1. The highest BCUT2D eigenvalue weighted by Gasteiger charge is 2.35. The van der Waals surface area contributed by atoms with Crippen LogP contribution in [0.4, 0.5) is 0 Å². The molecule has 5 N–H and O–H groups in total. The predicted molar refractivity (Wildman–Crippen MR) is 76.5 cm³/mol. The number of phenols is 2. The number of ether oxygens (including phenoxy) is 2. The molecule has 0 aromatic heterocycles. The van der Waals surface area contributed by atoms with Crippen LogP contribution in [0.2, 0.25) is 0 Å². The van der Waals surface area contributed by atoms with Crippen molar-refractivity contribution in [3.8, 4) is 11.5 Å². The summed E-state index contributed by atoms with van der Waals surface area (Å²) < 4.78 is 9.85. The first kappa shape index (κ1) is 17.0. The van der Waals surface area contributed by atoms with Crippen molar-refractivity contribution in [1.29, 1.82) is 0 Å². The van der Waals surface area contributed by atoms with Gasteiger partial charge >= 0.3 is 0 Å². The fourth-order valence-electron chi connectivity index (χ4n) is 1.98. The zero-order valence-electron chi connectivity index (χ0n) is 12.1. The van der Waals surface area contributed by atoms with E-state index < -0.39 is 18.3 Å². The molecule has 7 nitrogen and oxygen atoms in total. The molecule has 2 fully saturated rings. The molecule has 22 heavy (non-hydrogen) atoms. The third-order valence-electron chi connectivity index (χ3n) is 3.43. The maximum absolute atomic E-state index is 9.53. The first-order valence-corrected chi connectivity index (χ1v) is 7.21. The van der Waals surface area contributed by atoms with Gasteiger partial charge in [0.25, 0.3) is 0 Å². The van der Waals surface area contributed by atoms with Crippen LogP contribution >= 0.6 is 0 Å². The summed E-state index contributed by atoms with van der Waals surface area (Å²) in [5, 5.41) is 45.8. The van der Waals surface area contributed by atoms with Crippen molar-refractivity contribution >= 4 is 0 Å². The van der Waals surface area contributed by atoms with Crippen LogP contribution in [0.3, 0.4) is 0 Å². The smallest absolute Gasteiger partial charge is 0.119 e.